The second-order valence-electron chi connectivity index (χ2n) is 5.28. The largest absolute Gasteiger partial charge is 0.348 e. The first kappa shape index (κ1) is 17.0. The zero-order valence-corrected chi connectivity index (χ0v) is 14.8. The molecule has 0 aliphatic carbocycles. The van der Waals surface area contributed by atoms with E-state index >= 15 is 0 Å². The number of carbonyl (C=O) groups excluding carboxylic acids is 1. The summed E-state index contributed by atoms with van der Waals surface area (Å²) in [5.74, 6) is 0.0696. The predicted octanol–water partition coefficient (Wildman–Crippen LogP) is 4.59. The van der Waals surface area contributed by atoms with Crippen LogP contribution in [0.2, 0.25) is 0 Å². The number of hydrogen-bond donors (Lipinski definition) is 1. The van der Waals surface area contributed by atoms with Crippen molar-refractivity contribution in [2.24, 2.45) is 0 Å². The minimum absolute atomic E-state index is 0.0696. The summed E-state index contributed by atoms with van der Waals surface area (Å²) < 4.78 is 0.951. The average Bonchev–Trinajstić information content (AvgIpc) is 2.92. The Morgan fingerprint density at radius 3 is 2.68 bits per heavy atom. The molecule has 118 valence electrons. The van der Waals surface area contributed by atoms with Crippen molar-refractivity contribution < 1.29 is 4.79 Å². The van der Waals surface area contributed by atoms with E-state index in [1.54, 1.807) is 11.3 Å². The van der Waals surface area contributed by atoms with E-state index in [0.717, 1.165) is 22.9 Å². The third-order valence-corrected chi connectivity index (χ3v) is 5.53. The van der Waals surface area contributed by atoms with Gasteiger partial charge in [0.15, 0.2) is 4.34 Å². The van der Waals surface area contributed by atoms with Crippen molar-refractivity contribution in [1.29, 1.82) is 0 Å². The molecule has 2 unspecified atom stereocenters. The fraction of sp³-hybridized carbons (Fsp3) is 0.412. The lowest BCUT2D eigenvalue weighted by Gasteiger charge is -2.20. The van der Waals surface area contributed by atoms with Gasteiger partial charge in [-0.1, -0.05) is 55.4 Å². The molecule has 0 spiro atoms. The molecule has 1 aromatic carbocycles. The minimum atomic E-state index is -0.145. The normalized spacial score (nSPS) is 13.6. The average molecular weight is 335 g/mol. The van der Waals surface area contributed by atoms with Gasteiger partial charge in [0.05, 0.1) is 11.3 Å². The Morgan fingerprint density at radius 1 is 1.36 bits per heavy atom. The Kier molecular flexibility index (Phi) is 6.46. The summed E-state index contributed by atoms with van der Waals surface area (Å²) in [7, 11) is 0. The van der Waals surface area contributed by atoms with Crippen molar-refractivity contribution in [3.8, 4) is 0 Å². The number of rotatable bonds is 7. The third kappa shape index (κ3) is 4.85. The molecule has 0 saturated heterocycles. The Labute approximate surface area is 140 Å². The van der Waals surface area contributed by atoms with E-state index < -0.39 is 0 Å². The molecule has 1 heterocycles. The highest BCUT2D eigenvalue weighted by atomic mass is 32.2. The Hall–Kier alpha value is -1.33. The summed E-state index contributed by atoms with van der Waals surface area (Å²) in [6.07, 6.45) is 1.98. The van der Waals surface area contributed by atoms with Crippen molar-refractivity contribution in [3.05, 3.63) is 47.0 Å². The van der Waals surface area contributed by atoms with E-state index in [4.69, 9.17) is 0 Å². The van der Waals surface area contributed by atoms with Crippen LogP contribution in [0, 0.1) is 6.92 Å². The quantitative estimate of drug-likeness (QED) is 0.753. The molecular formula is C17H22N2OS2. The van der Waals surface area contributed by atoms with Gasteiger partial charge in [-0.15, -0.1) is 11.3 Å². The first-order valence-corrected chi connectivity index (χ1v) is 9.30. The topological polar surface area (TPSA) is 42.0 Å². The number of aromatic nitrogens is 1. The van der Waals surface area contributed by atoms with Gasteiger partial charge in [-0.05, 0) is 25.8 Å². The van der Waals surface area contributed by atoms with Crippen LogP contribution in [0.1, 0.15) is 44.0 Å². The van der Waals surface area contributed by atoms with E-state index in [0.29, 0.717) is 0 Å². The molecule has 0 fully saturated rings. The van der Waals surface area contributed by atoms with Gasteiger partial charge in [-0.3, -0.25) is 4.79 Å². The lowest BCUT2D eigenvalue weighted by Crippen LogP contribution is -2.34. The van der Waals surface area contributed by atoms with E-state index in [9.17, 15) is 4.79 Å². The number of carbonyl (C=O) groups is 1. The van der Waals surface area contributed by atoms with Crippen LogP contribution in [-0.4, -0.2) is 16.1 Å². The molecule has 3 nitrogen and oxygen atoms in total. The van der Waals surface area contributed by atoms with Gasteiger partial charge in [-0.25, -0.2) is 4.98 Å². The molecule has 0 saturated carbocycles. The number of thiazole rings is 1. The van der Waals surface area contributed by atoms with Crippen LogP contribution >= 0.6 is 23.1 Å². The summed E-state index contributed by atoms with van der Waals surface area (Å²) in [6.45, 7) is 6.04. The van der Waals surface area contributed by atoms with Crippen LogP contribution in [0.3, 0.4) is 0 Å². The van der Waals surface area contributed by atoms with Crippen molar-refractivity contribution >= 4 is 29.0 Å². The minimum Gasteiger partial charge on any atom is -0.348 e. The molecule has 1 N–H and O–H groups in total. The van der Waals surface area contributed by atoms with Gasteiger partial charge in [0.2, 0.25) is 5.91 Å². The fourth-order valence-electron chi connectivity index (χ4n) is 2.18. The van der Waals surface area contributed by atoms with E-state index in [1.807, 2.05) is 37.4 Å². The van der Waals surface area contributed by atoms with Crippen LogP contribution in [0.25, 0.3) is 0 Å². The summed E-state index contributed by atoms with van der Waals surface area (Å²) in [5, 5.41) is 5.04. The molecule has 1 aromatic heterocycles. The van der Waals surface area contributed by atoms with Crippen LogP contribution in [0.15, 0.2) is 40.1 Å². The molecule has 2 aromatic rings. The highest BCUT2D eigenvalue weighted by Crippen LogP contribution is 2.27. The van der Waals surface area contributed by atoms with Crippen molar-refractivity contribution in [1.82, 2.24) is 10.3 Å². The van der Waals surface area contributed by atoms with E-state index in [2.05, 4.69) is 29.4 Å². The van der Waals surface area contributed by atoms with Gasteiger partial charge in [-0.2, -0.15) is 0 Å². The van der Waals surface area contributed by atoms with Crippen LogP contribution in [0.5, 0.6) is 0 Å². The number of hydrogen-bond acceptors (Lipinski definition) is 4. The second kappa shape index (κ2) is 8.34. The van der Waals surface area contributed by atoms with E-state index in [-0.39, 0.29) is 17.2 Å². The second-order valence-corrected chi connectivity index (χ2v) is 7.72. The zero-order chi connectivity index (χ0) is 15.9. The summed E-state index contributed by atoms with van der Waals surface area (Å²) in [4.78, 5) is 16.9. The molecule has 2 rings (SSSR count). The lowest BCUT2D eigenvalue weighted by molar-refractivity contribution is -0.121. The van der Waals surface area contributed by atoms with Crippen LogP contribution < -0.4 is 5.32 Å². The monoisotopic (exact) mass is 334 g/mol. The zero-order valence-electron chi connectivity index (χ0n) is 13.2. The Morgan fingerprint density at radius 2 is 2.09 bits per heavy atom. The Bertz CT molecular complexity index is 598. The van der Waals surface area contributed by atoms with Crippen molar-refractivity contribution in [2.45, 2.75) is 49.2 Å². The van der Waals surface area contributed by atoms with Gasteiger partial charge in [0.1, 0.15) is 0 Å². The molecule has 2 atom stereocenters. The number of nitrogens with one attached hydrogen (secondary N) is 1. The van der Waals surface area contributed by atoms with E-state index in [1.165, 1.54) is 17.3 Å². The van der Waals surface area contributed by atoms with Crippen LogP contribution in [0.4, 0.5) is 0 Å². The summed E-state index contributed by atoms with van der Waals surface area (Å²) in [5.41, 5.74) is 2.17. The highest BCUT2D eigenvalue weighted by Gasteiger charge is 2.20. The number of thioether (sulfide) groups is 1. The molecule has 0 aliphatic heterocycles. The SMILES string of the molecule is CCCC(NC(=O)C(C)Sc1nc(C)cs1)c1ccccc1. The predicted molar refractivity (Wildman–Crippen MR) is 94.4 cm³/mol. The molecule has 5 heteroatoms. The maximum absolute atomic E-state index is 12.5. The third-order valence-electron chi connectivity index (χ3n) is 3.34. The summed E-state index contributed by atoms with van der Waals surface area (Å²) >= 11 is 3.12. The molecular weight excluding hydrogens is 312 g/mol. The Balaban J connectivity index is 1.98. The first-order valence-electron chi connectivity index (χ1n) is 7.54. The molecule has 0 bridgehead atoms. The fourth-order valence-corrected chi connectivity index (χ4v) is 4.17. The number of benzene rings is 1. The molecule has 1 amide bonds. The summed E-state index contributed by atoms with van der Waals surface area (Å²) in [6, 6.07) is 10.3. The van der Waals surface area contributed by atoms with Gasteiger partial charge in [0.25, 0.3) is 0 Å². The van der Waals surface area contributed by atoms with Gasteiger partial charge < -0.3 is 5.32 Å². The van der Waals surface area contributed by atoms with Crippen molar-refractivity contribution in [2.75, 3.05) is 0 Å². The smallest absolute Gasteiger partial charge is 0.233 e. The maximum atomic E-state index is 12.5. The van der Waals surface area contributed by atoms with Gasteiger partial charge in [0, 0.05) is 11.1 Å². The molecule has 0 radical (unpaired) electrons. The standard InChI is InChI=1S/C17H22N2OS2/c1-4-8-15(14-9-6-5-7-10-14)19-16(20)13(3)22-17-18-12(2)11-21-17/h5-7,9-11,13,15H,4,8H2,1-3H3,(H,19,20). The first-order chi connectivity index (χ1) is 10.6. The number of aryl methyl sites for hydroxylation is 1. The maximum Gasteiger partial charge on any atom is 0.233 e. The highest BCUT2D eigenvalue weighted by molar-refractivity contribution is 8.02. The lowest BCUT2D eigenvalue weighted by atomic mass is 10.0. The molecule has 0 aliphatic rings. The number of nitrogens with zero attached hydrogens (tertiary/aromatic N) is 1. The van der Waals surface area contributed by atoms with Crippen LogP contribution in [-0.2, 0) is 4.79 Å². The number of amides is 1. The van der Waals surface area contributed by atoms with Gasteiger partial charge >= 0.3 is 0 Å². The van der Waals surface area contributed by atoms with Crippen molar-refractivity contribution in [3.63, 3.8) is 0 Å². The molecule has 22 heavy (non-hydrogen) atoms.